The molecular weight excluding hydrogens is 308 g/mol. The molecule has 2 rings (SSSR count). The molecule has 0 saturated carbocycles. The van der Waals surface area contributed by atoms with Crippen molar-refractivity contribution >= 4 is 17.8 Å². The van der Waals surface area contributed by atoms with Gasteiger partial charge in [0.2, 0.25) is 11.8 Å². The Morgan fingerprint density at radius 3 is 2.50 bits per heavy atom. The second-order valence-electron chi connectivity index (χ2n) is 6.31. The van der Waals surface area contributed by atoms with E-state index in [9.17, 15) is 14.4 Å². The van der Waals surface area contributed by atoms with Gasteiger partial charge >= 0.3 is 5.97 Å². The molecule has 0 aliphatic carbocycles. The summed E-state index contributed by atoms with van der Waals surface area (Å²) >= 11 is 0. The van der Waals surface area contributed by atoms with Crippen LogP contribution < -0.4 is 5.32 Å². The molecule has 1 N–H and O–H groups in total. The third-order valence-corrected chi connectivity index (χ3v) is 4.24. The molecule has 1 saturated heterocycles. The fraction of sp³-hybridized carbons (Fsp3) is 0.500. The summed E-state index contributed by atoms with van der Waals surface area (Å²) < 4.78 is 4.80. The average molecular weight is 332 g/mol. The van der Waals surface area contributed by atoms with E-state index >= 15 is 0 Å². The normalized spacial score (nSPS) is 18.6. The van der Waals surface area contributed by atoms with Crippen molar-refractivity contribution in [1.29, 1.82) is 0 Å². The number of nitrogens with zero attached hydrogens (tertiary/aromatic N) is 1. The van der Waals surface area contributed by atoms with Gasteiger partial charge in [-0.1, -0.05) is 30.3 Å². The number of rotatable bonds is 6. The lowest BCUT2D eigenvalue weighted by Gasteiger charge is -2.22. The first-order chi connectivity index (χ1) is 11.4. The lowest BCUT2D eigenvalue weighted by atomic mass is 10.0. The summed E-state index contributed by atoms with van der Waals surface area (Å²) in [6.45, 7) is 4.23. The third kappa shape index (κ3) is 4.34. The Hall–Kier alpha value is -2.37. The molecule has 130 valence electrons. The highest BCUT2D eigenvalue weighted by atomic mass is 16.5. The van der Waals surface area contributed by atoms with Crippen molar-refractivity contribution in [2.24, 2.45) is 5.92 Å². The Labute approximate surface area is 142 Å². The summed E-state index contributed by atoms with van der Waals surface area (Å²) in [7, 11) is 1.30. The molecule has 1 unspecified atom stereocenters. The van der Waals surface area contributed by atoms with Crippen LogP contribution in [0.3, 0.4) is 0 Å². The Morgan fingerprint density at radius 1 is 1.29 bits per heavy atom. The van der Waals surface area contributed by atoms with Crippen LogP contribution in [0.5, 0.6) is 0 Å². The Morgan fingerprint density at radius 2 is 1.96 bits per heavy atom. The maximum Gasteiger partial charge on any atom is 0.328 e. The maximum absolute atomic E-state index is 12.5. The highest BCUT2D eigenvalue weighted by Crippen LogP contribution is 2.20. The number of likely N-dealkylation sites (tertiary alicyclic amines) is 1. The monoisotopic (exact) mass is 332 g/mol. The molecule has 1 aliphatic rings. The molecular formula is C18H24N2O4. The van der Waals surface area contributed by atoms with Gasteiger partial charge in [-0.15, -0.1) is 0 Å². The molecule has 2 amide bonds. The number of nitrogens with one attached hydrogen (secondary N) is 1. The first kappa shape index (κ1) is 18.0. The van der Waals surface area contributed by atoms with Gasteiger partial charge in [0, 0.05) is 25.4 Å². The summed E-state index contributed by atoms with van der Waals surface area (Å²) in [6, 6.07) is 8.73. The van der Waals surface area contributed by atoms with Crippen molar-refractivity contribution in [1.82, 2.24) is 10.2 Å². The van der Waals surface area contributed by atoms with Crippen LogP contribution in [0.1, 0.15) is 25.8 Å². The number of hydrogen-bond donors (Lipinski definition) is 1. The van der Waals surface area contributed by atoms with Crippen LogP contribution in [0, 0.1) is 5.92 Å². The highest BCUT2D eigenvalue weighted by molar-refractivity contribution is 5.91. The minimum absolute atomic E-state index is 0.0252. The van der Waals surface area contributed by atoms with E-state index in [0.29, 0.717) is 13.0 Å². The summed E-state index contributed by atoms with van der Waals surface area (Å²) in [4.78, 5) is 38.1. The predicted molar refractivity (Wildman–Crippen MR) is 89.0 cm³/mol. The van der Waals surface area contributed by atoms with E-state index < -0.39 is 17.9 Å². The van der Waals surface area contributed by atoms with Gasteiger partial charge in [-0.3, -0.25) is 9.59 Å². The minimum Gasteiger partial charge on any atom is -0.467 e. The number of amides is 2. The zero-order chi connectivity index (χ0) is 17.7. The fourth-order valence-corrected chi connectivity index (χ4v) is 2.88. The number of esters is 1. The third-order valence-electron chi connectivity index (χ3n) is 4.24. The second kappa shape index (κ2) is 7.95. The molecule has 1 aromatic carbocycles. The lowest BCUT2D eigenvalue weighted by molar-refractivity contribution is -0.145. The van der Waals surface area contributed by atoms with E-state index in [1.807, 2.05) is 44.2 Å². The maximum atomic E-state index is 12.5. The predicted octanol–water partition coefficient (Wildman–Crippen LogP) is 1.14. The topological polar surface area (TPSA) is 75.7 Å². The number of carbonyl (C=O) groups is 3. The van der Waals surface area contributed by atoms with Crippen LogP contribution in [0.4, 0.5) is 0 Å². The smallest absolute Gasteiger partial charge is 0.328 e. The first-order valence-corrected chi connectivity index (χ1v) is 8.14. The van der Waals surface area contributed by atoms with Crippen molar-refractivity contribution in [3.8, 4) is 0 Å². The fourth-order valence-electron chi connectivity index (χ4n) is 2.88. The molecule has 6 nitrogen and oxygen atoms in total. The highest BCUT2D eigenvalue weighted by Gasteiger charge is 2.36. The van der Waals surface area contributed by atoms with E-state index in [1.165, 1.54) is 7.11 Å². The van der Waals surface area contributed by atoms with Gasteiger partial charge in [-0.2, -0.15) is 0 Å². The quantitative estimate of drug-likeness (QED) is 0.793. The minimum atomic E-state index is -0.756. The van der Waals surface area contributed by atoms with Crippen molar-refractivity contribution in [3.05, 3.63) is 35.9 Å². The number of hydrogen-bond acceptors (Lipinski definition) is 4. The van der Waals surface area contributed by atoms with Crippen LogP contribution in [0.2, 0.25) is 0 Å². The molecule has 1 heterocycles. The van der Waals surface area contributed by atoms with Crippen LogP contribution in [0.25, 0.3) is 0 Å². The summed E-state index contributed by atoms with van der Waals surface area (Å²) in [5.41, 5.74) is 0.930. The Bertz CT molecular complexity index is 600. The number of benzene rings is 1. The van der Waals surface area contributed by atoms with Gasteiger partial charge in [-0.25, -0.2) is 4.79 Å². The van der Waals surface area contributed by atoms with E-state index in [0.717, 1.165) is 5.56 Å². The molecule has 2 atom stereocenters. The van der Waals surface area contributed by atoms with Crippen molar-refractivity contribution in [3.63, 3.8) is 0 Å². The van der Waals surface area contributed by atoms with Gasteiger partial charge in [0.15, 0.2) is 0 Å². The Kier molecular flexibility index (Phi) is 5.95. The molecule has 1 aromatic rings. The average Bonchev–Trinajstić information content (AvgIpc) is 2.96. The zero-order valence-electron chi connectivity index (χ0n) is 14.3. The van der Waals surface area contributed by atoms with E-state index in [2.05, 4.69) is 5.32 Å². The largest absolute Gasteiger partial charge is 0.467 e. The van der Waals surface area contributed by atoms with Crippen LogP contribution in [-0.4, -0.2) is 48.4 Å². The number of methoxy groups -OCH3 is 1. The van der Waals surface area contributed by atoms with Gasteiger partial charge < -0.3 is 15.0 Å². The summed E-state index contributed by atoms with van der Waals surface area (Å²) in [6.07, 6.45) is 0.539. The second-order valence-corrected chi connectivity index (χ2v) is 6.31. The Balaban J connectivity index is 2.03. The lowest BCUT2D eigenvalue weighted by Crippen LogP contribution is -2.46. The standard InChI is InChI=1S/C18H24N2O4/c1-12(2)20-11-14(10-16(20)21)17(22)19-15(18(23)24-3)9-13-7-5-4-6-8-13/h4-8,12,14-15H,9-11H2,1-3H3,(H,19,22)/t14?,15-/m0/s1. The van der Waals surface area contributed by atoms with Crippen molar-refractivity contribution in [2.45, 2.75) is 38.8 Å². The zero-order valence-corrected chi connectivity index (χ0v) is 14.3. The van der Waals surface area contributed by atoms with Crippen LogP contribution >= 0.6 is 0 Å². The van der Waals surface area contributed by atoms with Gasteiger partial charge in [0.25, 0.3) is 0 Å². The van der Waals surface area contributed by atoms with Gasteiger partial charge in [-0.05, 0) is 19.4 Å². The van der Waals surface area contributed by atoms with Gasteiger partial charge in [0.1, 0.15) is 6.04 Å². The molecule has 6 heteroatoms. The molecule has 24 heavy (non-hydrogen) atoms. The SMILES string of the molecule is COC(=O)[C@H](Cc1ccccc1)NC(=O)C1CC(=O)N(C(C)C)C1. The summed E-state index contributed by atoms with van der Waals surface area (Å²) in [5, 5.41) is 2.75. The first-order valence-electron chi connectivity index (χ1n) is 8.14. The molecule has 0 aromatic heterocycles. The van der Waals surface area contributed by atoms with Crippen LogP contribution in [-0.2, 0) is 25.5 Å². The van der Waals surface area contributed by atoms with Crippen molar-refractivity contribution < 1.29 is 19.1 Å². The molecule has 0 radical (unpaired) electrons. The molecule has 1 aliphatic heterocycles. The summed E-state index contributed by atoms with van der Waals surface area (Å²) in [5.74, 6) is -1.22. The van der Waals surface area contributed by atoms with E-state index in [1.54, 1.807) is 4.90 Å². The molecule has 0 bridgehead atoms. The van der Waals surface area contributed by atoms with Crippen LogP contribution in [0.15, 0.2) is 30.3 Å². The molecule has 0 spiro atoms. The number of carbonyl (C=O) groups excluding carboxylic acids is 3. The van der Waals surface area contributed by atoms with Crippen molar-refractivity contribution in [2.75, 3.05) is 13.7 Å². The van der Waals surface area contributed by atoms with Gasteiger partial charge in [0.05, 0.1) is 13.0 Å². The van der Waals surface area contributed by atoms with E-state index in [4.69, 9.17) is 4.74 Å². The number of ether oxygens (including phenoxy) is 1. The van der Waals surface area contributed by atoms with E-state index in [-0.39, 0.29) is 24.3 Å². The molecule has 1 fully saturated rings.